The second kappa shape index (κ2) is 9.87. The van der Waals surface area contributed by atoms with Crippen LogP contribution >= 0.6 is 0 Å². The predicted molar refractivity (Wildman–Crippen MR) is 126 cm³/mol. The third kappa shape index (κ3) is 5.48. The van der Waals surface area contributed by atoms with E-state index in [-0.39, 0.29) is 23.8 Å². The van der Waals surface area contributed by atoms with Crippen molar-refractivity contribution in [3.8, 4) is 22.6 Å². The monoisotopic (exact) mass is 434 g/mol. The summed E-state index contributed by atoms with van der Waals surface area (Å²) in [6.45, 7) is 0.750. The van der Waals surface area contributed by atoms with Crippen molar-refractivity contribution in [2.45, 2.75) is 37.8 Å². The van der Waals surface area contributed by atoms with E-state index < -0.39 is 0 Å². The zero-order valence-corrected chi connectivity index (χ0v) is 18.5. The maximum Gasteiger partial charge on any atom is 0.243 e. The quantitative estimate of drug-likeness (QED) is 0.491. The number of carbonyl (C=O) groups is 1. The van der Waals surface area contributed by atoms with Gasteiger partial charge in [0.1, 0.15) is 11.5 Å². The molecular weight excluding hydrogens is 404 g/mol. The zero-order valence-electron chi connectivity index (χ0n) is 18.5. The van der Waals surface area contributed by atoms with E-state index in [4.69, 9.17) is 4.74 Å². The lowest BCUT2D eigenvalue weighted by Gasteiger charge is -2.29. The number of amides is 1. The third-order valence-electron chi connectivity index (χ3n) is 5.78. The molecule has 168 valence electrons. The highest BCUT2D eigenvalue weighted by Crippen LogP contribution is 2.34. The zero-order chi connectivity index (χ0) is 22.5. The van der Waals surface area contributed by atoms with Crippen LogP contribution in [-0.4, -0.2) is 58.9 Å². The molecule has 7 heteroatoms. The number of phenolic OH excluding ortho intramolecular Hbond substituents is 1. The Kier molecular flexibility index (Phi) is 6.75. The summed E-state index contributed by atoms with van der Waals surface area (Å²) in [7, 11) is 3.95. The fourth-order valence-corrected chi connectivity index (χ4v) is 4.06. The molecule has 0 aliphatic heterocycles. The smallest absolute Gasteiger partial charge is 0.243 e. The van der Waals surface area contributed by atoms with Crippen molar-refractivity contribution in [3.05, 3.63) is 54.7 Å². The van der Waals surface area contributed by atoms with E-state index in [2.05, 4.69) is 15.5 Å². The summed E-state index contributed by atoms with van der Waals surface area (Å²) in [5.41, 5.74) is 2.91. The Hall–Kier alpha value is -3.32. The van der Waals surface area contributed by atoms with Crippen LogP contribution in [0.5, 0.6) is 11.5 Å². The number of carbonyl (C=O) groups excluding carboxylic acids is 1. The van der Waals surface area contributed by atoms with Crippen LogP contribution in [0.3, 0.4) is 0 Å². The Morgan fingerprint density at radius 3 is 2.66 bits per heavy atom. The maximum absolute atomic E-state index is 12.1. The van der Waals surface area contributed by atoms with Crippen LogP contribution in [0.1, 0.15) is 25.7 Å². The van der Waals surface area contributed by atoms with Gasteiger partial charge in [-0.05, 0) is 75.2 Å². The fourth-order valence-electron chi connectivity index (χ4n) is 4.06. The van der Waals surface area contributed by atoms with E-state index in [1.54, 1.807) is 24.4 Å². The van der Waals surface area contributed by atoms with Gasteiger partial charge in [0.2, 0.25) is 5.91 Å². The Bertz CT molecular complexity index is 1080. The van der Waals surface area contributed by atoms with Crippen LogP contribution in [0.4, 0.5) is 0 Å². The molecule has 0 spiro atoms. The van der Waals surface area contributed by atoms with E-state index in [1.807, 2.05) is 49.3 Å². The topological polar surface area (TPSA) is 90.5 Å². The molecule has 32 heavy (non-hydrogen) atoms. The number of phenols is 1. The molecule has 1 aliphatic carbocycles. The van der Waals surface area contributed by atoms with Crippen molar-refractivity contribution in [3.63, 3.8) is 0 Å². The molecule has 1 heterocycles. The molecular formula is C25H30N4O3. The molecule has 1 aromatic heterocycles. The maximum atomic E-state index is 12.1. The Labute approximate surface area is 188 Å². The fraction of sp³-hybridized carbons (Fsp3) is 0.360. The van der Waals surface area contributed by atoms with Crippen LogP contribution in [0.15, 0.2) is 54.7 Å². The van der Waals surface area contributed by atoms with Crippen molar-refractivity contribution >= 4 is 16.8 Å². The first-order valence-corrected chi connectivity index (χ1v) is 11.0. The number of ether oxygens (including phenoxy) is 1. The molecule has 1 amide bonds. The molecule has 7 nitrogen and oxygen atoms in total. The molecule has 4 rings (SSSR count). The van der Waals surface area contributed by atoms with Gasteiger partial charge >= 0.3 is 0 Å². The van der Waals surface area contributed by atoms with Gasteiger partial charge in [-0.1, -0.05) is 18.2 Å². The third-order valence-corrected chi connectivity index (χ3v) is 5.78. The number of aromatic hydroxyl groups is 1. The van der Waals surface area contributed by atoms with Gasteiger partial charge in [0.25, 0.3) is 0 Å². The molecule has 0 bridgehead atoms. The van der Waals surface area contributed by atoms with Gasteiger partial charge in [-0.2, -0.15) is 5.10 Å². The molecule has 2 aromatic carbocycles. The number of H-pyrrole nitrogens is 1. The molecule has 0 atom stereocenters. The van der Waals surface area contributed by atoms with Gasteiger partial charge in [0.05, 0.1) is 23.2 Å². The van der Waals surface area contributed by atoms with Gasteiger partial charge in [-0.3, -0.25) is 9.89 Å². The minimum atomic E-state index is -0.0297. The van der Waals surface area contributed by atoms with Crippen molar-refractivity contribution in [2.75, 3.05) is 20.6 Å². The average Bonchev–Trinajstić information content (AvgIpc) is 3.24. The lowest BCUT2D eigenvalue weighted by atomic mass is 9.92. The first kappa shape index (κ1) is 21.9. The average molecular weight is 435 g/mol. The second-order valence-electron chi connectivity index (χ2n) is 8.62. The molecule has 3 N–H and O–H groups in total. The van der Waals surface area contributed by atoms with E-state index in [1.165, 1.54) is 0 Å². The van der Waals surface area contributed by atoms with Gasteiger partial charge in [-0.15, -0.1) is 0 Å². The van der Waals surface area contributed by atoms with E-state index >= 15 is 0 Å². The summed E-state index contributed by atoms with van der Waals surface area (Å²) >= 11 is 0. The van der Waals surface area contributed by atoms with E-state index in [0.29, 0.717) is 0 Å². The number of nitrogens with zero attached hydrogens (tertiary/aromatic N) is 2. The number of nitrogens with one attached hydrogen (secondary N) is 2. The summed E-state index contributed by atoms with van der Waals surface area (Å²) in [6, 6.07) is 11.4. The second-order valence-corrected chi connectivity index (χ2v) is 8.62. The first-order chi connectivity index (χ1) is 15.5. The Balaban J connectivity index is 1.39. The van der Waals surface area contributed by atoms with E-state index in [0.717, 1.165) is 60.0 Å². The van der Waals surface area contributed by atoms with Gasteiger partial charge in [-0.25, -0.2) is 0 Å². The molecule has 1 saturated carbocycles. The van der Waals surface area contributed by atoms with Crippen molar-refractivity contribution in [2.24, 2.45) is 0 Å². The predicted octanol–water partition coefficient (Wildman–Crippen LogP) is 3.86. The summed E-state index contributed by atoms with van der Waals surface area (Å²) in [6.07, 6.45) is 8.94. The number of hydrogen-bond donors (Lipinski definition) is 3. The molecule has 0 radical (unpaired) electrons. The summed E-state index contributed by atoms with van der Waals surface area (Å²) in [5, 5.41) is 20.9. The highest BCUT2D eigenvalue weighted by Gasteiger charge is 2.24. The minimum Gasteiger partial charge on any atom is -0.508 e. The Morgan fingerprint density at radius 2 is 1.94 bits per heavy atom. The Morgan fingerprint density at radius 1 is 1.19 bits per heavy atom. The minimum absolute atomic E-state index is 0.0297. The SMILES string of the molecule is CN(C)C/C=C/C(=O)NC1CCC(Oc2cc(-c3ccc(O)cc3)cc3[nH]ncc23)CC1. The van der Waals surface area contributed by atoms with Crippen LogP contribution in [0.2, 0.25) is 0 Å². The standard InChI is InChI=1S/C25H30N4O3/c1-29(2)13-3-4-25(31)27-19-7-11-21(12-8-19)32-24-15-18(14-23-22(24)16-26-28-23)17-5-9-20(30)10-6-17/h3-6,9-10,14-16,19,21,30H,7-8,11-13H2,1-2H3,(H,26,28)(H,27,31)/b4-3+. The number of fused-ring (bicyclic) bond motifs is 1. The van der Waals surface area contributed by atoms with Crippen molar-refractivity contribution in [1.82, 2.24) is 20.4 Å². The normalized spacial score (nSPS) is 19.0. The van der Waals surface area contributed by atoms with Crippen molar-refractivity contribution in [1.29, 1.82) is 0 Å². The van der Waals surface area contributed by atoms with Crippen LogP contribution in [0.25, 0.3) is 22.0 Å². The molecule has 1 fully saturated rings. The lowest BCUT2D eigenvalue weighted by molar-refractivity contribution is -0.117. The van der Waals surface area contributed by atoms with Gasteiger partial charge in [0, 0.05) is 18.7 Å². The van der Waals surface area contributed by atoms with Gasteiger partial charge < -0.3 is 20.1 Å². The largest absolute Gasteiger partial charge is 0.508 e. The summed E-state index contributed by atoms with van der Waals surface area (Å²) in [4.78, 5) is 14.1. The molecule has 3 aromatic rings. The number of hydrogen-bond acceptors (Lipinski definition) is 5. The highest BCUT2D eigenvalue weighted by molar-refractivity contribution is 5.90. The van der Waals surface area contributed by atoms with Crippen LogP contribution in [0, 0.1) is 0 Å². The molecule has 1 aliphatic rings. The van der Waals surface area contributed by atoms with Crippen molar-refractivity contribution < 1.29 is 14.6 Å². The van der Waals surface area contributed by atoms with Crippen LogP contribution < -0.4 is 10.1 Å². The number of rotatable bonds is 7. The highest BCUT2D eigenvalue weighted by atomic mass is 16.5. The van der Waals surface area contributed by atoms with Crippen LogP contribution in [-0.2, 0) is 4.79 Å². The van der Waals surface area contributed by atoms with E-state index in [9.17, 15) is 9.90 Å². The number of benzene rings is 2. The first-order valence-electron chi connectivity index (χ1n) is 11.0. The lowest BCUT2D eigenvalue weighted by Crippen LogP contribution is -2.39. The molecule has 0 saturated heterocycles. The van der Waals surface area contributed by atoms with Gasteiger partial charge in [0.15, 0.2) is 0 Å². The molecule has 0 unspecified atom stereocenters. The summed E-state index contributed by atoms with van der Waals surface area (Å²) in [5.74, 6) is 1.02. The number of aromatic nitrogens is 2. The number of likely N-dealkylation sites (N-methyl/N-ethyl adjacent to an activating group) is 1. The number of aromatic amines is 1. The summed E-state index contributed by atoms with van der Waals surface area (Å²) < 4.78 is 6.42.